The van der Waals surface area contributed by atoms with Crippen LogP contribution in [0, 0.1) is 17.8 Å². The number of rotatable bonds is 7. The Balaban J connectivity index is 2.04. The molecule has 0 aromatic carbocycles. The van der Waals surface area contributed by atoms with E-state index in [1.807, 2.05) is 0 Å². The summed E-state index contributed by atoms with van der Waals surface area (Å²) in [6, 6.07) is 0. The van der Waals surface area contributed by atoms with Crippen LogP contribution >= 0.6 is 0 Å². The molecule has 2 heteroatoms. The van der Waals surface area contributed by atoms with Crippen LogP contribution in [0.15, 0.2) is 0 Å². The summed E-state index contributed by atoms with van der Waals surface area (Å²) in [7, 11) is 0. The lowest BCUT2D eigenvalue weighted by Gasteiger charge is -2.43. The molecule has 118 valence electrons. The second kappa shape index (κ2) is 7.26. The summed E-state index contributed by atoms with van der Waals surface area (Å²) < 4.78 is 0. The largest absolute Gasteiger partial charge is 0.329 e. The highest BCUT2D eigenvalue weighted by molar-refractivity contribution is 4.96. The van der Waals surface area contributed by atoms with Gasteiger partial charge in [0.05, 0.1) is 0 Å². The van der Waals surface area contributed by atoms with Crippen molar-refractivity contribution in [3.05, 3.63) is 0 Å². The third kappa shape index (κ3) is 3.98. The van der Waals surface area contributed by atoms with Crippen LogP contribution in [0.3, 0.4) is 0 Å². The van der Waals surface area contributed by atoms with Gasteiger partial charge in [0, 0.05) is 18.6 Å². The van der Waals surface area contributed by atoms with E-state index in [0.29, 0.717) is 5.54 Å². The first kappa shape index (κ1) is 16.3. The average Bonchev–Trinajstić information content (AvgIpc) is 3.24. The summed E-state index contributed by atoms with van der Waals surface area (Å²) in [6.07, 6.45) is 11.0. The maximum atomic E-state index is 6.31. The van der Waals surface area contributed by atoms with E-state index in [-0.39, 0.29) is 0 Å². The fourth-order valence-corrected chi connectivity index (χ4v) is 4.14. The van der Waals surface area contributed by atoms with E-state index >= 15 is 0 Å². The van der Waals surface area contributed by atoms with Crippen LogP contribution in [0.1, 0.15) is 72.1 Å². The van der Waals surface area contributed by atoms with Crippen LogP contribution in [-0.4, -0.2) is 30.1 Å². The molecule has 2 N–H and O–H groups in total. The SMILES string of the molecule is CCCN(CC1CC1)C1(CN)CCCC(C(C)C)CC1. The molecule has 0 bridgehead atoms. The molecule has 0 aromatic heterocycles. The van der Waals surface area contributed by atoms with Gasteiger partial charge in [-0.05, 0) is 62.8 Å². The van der Waals surface area contributed by atoms with E-state index in [1.54, 1.807) is 0 Å². The highest BCUT2D eigenvalue weighted by Crippen LogP contribution is 2.39. The molecular formula is C18H36N2. The van der Waals surface area contributed by atoms with Crippen molar-refractivity contribution >= 4 is 0 Å². The van der Waals surface area contributed by atoms with E-state index in [0.717, 1.165) is 24.3 Å². The minimum absolute atomic E-state index is 0.322. The molecule has 0 saturated heterocycles. The molecule has 0 amide bonds. The normalized spacial score (nSPS) is 31.8. The van der Waals surface area contributed by atoms with Crippen LogP contribution in [0.4, 0.5) is 0 Å². The van der Waals surface area contributed by atoms with Gasteiger partial charge in [0.25, 0.3) is 0 Å². The van der Waals surface area contributed by atoms with E-state index in [1.165, 1.54) is 64.5 Å². The summed E-state index contributed by atoms with van der Waals surface area (Å²) in [5.41, 5.74) is 6.64. The zero-order chi connectivity index (χ0) is 14.6. The molecule has 0 spiro atoms. The quantitative estimate of drug-likeness (QED) is 0.713. The van der Waals surface area contributed by atoms with Crippen molar-refractivity contribution in [1.82, 2.24) is 4.90 Å². The first-order chi connectivity index (χ1) is 9.61. The van der Waals surface area contributed by atoms with Crippen LogP contribution < -0.4 is 5.73 Å². The summed E-state index contributed by atoms with van der Waals surface area (Å²) in [5.74, 6) is 2.74. The van der Waals surface area contributed by atoms with Crippen LogP contribution in [-0.2, 0) is 0 Å². The highest BCUT2D eigenvalue weighted by Gasteiger charge is 2.39. The minimum atomic E-state index is 0.322. The maximum Gasteiger partial charge on any atom is 0.0331 e. The molecule has 2 rings (SSSR count). The third-order valence-corrected chi connectivity index (χ3v) is 5.86. The predicted octanol–water partition coefficient (Wildman–Crippen LogP) is 4.04. The van der Waals surface area contributed by atoms with Gasteiger partial charge in [-0.3, -0.25) is 4.90 Å². The van der Waals surface area contributed by atoms with Crippen molar-refractivity contribution in [1.29, 1.82) is 0 Å². The standard InChI is InChI=1S/C18H36N2/c1-4-12-20(13-16-7-8-16)18(14-19)10-5-6-17(9-11-18)15(2)3/h15-17H,4-14,19H2,1-3H3. The van der Waals surface area contributed by atoms with Crippen LogP contribution in [0.25, 0.3) is 0 Å². The van der Waals surface area contributed by atoms with E-state index < -0.39 is 0 Å². The van der Waals surface area contributed by atoms with Gasteiger partial charge in [-0.2, -0.15) is 0 Å². The maximum absolute atomic E-state index is 6.31. The summed E-state index contributed by atoms with van der Waals surface area (Å²) >= 11 is 0. The Morgan fingerprint density at radius 3 is 2.45 bits per heavy atom. The van der Waals surface area contributed by atoms with E-state index in [2.05, 4.69) is 25.7 Å². The Hall–Kier alpha value is -0.0800. The number of hydrogen-bond donors (Lipinski definition) is 1. The lowest BCUT2D eigenvalue weighted by molar-refractivity contribution is 0.0709. The van der Waals surface area contributed by atoms with Gasteiger partial charge in [-0.25, -0.2) is 0 Å². The van der Waals surface area contributed by atoms with Crippen molar-refractivity contribution in [2.45, 2.75) is 77.7 Å². The Bertz CT molecular complexity index is 285. The lowest BCUT2D eigenvalue weighted by Crippen LogP contribution is -2.54. The molecule has 0 aliphatic heterocycles. The topological polar surface area (TPSA) is 29.3 Å². The van der Waals surface area contributed by atoms with Crippen molar-refractivity contribution < 1.29 is 0 Å². The smallest absolute Gasteiger partial charge is 0.0331 e. The van der Waals surface area contributed by atoms with Gasteiger partial charge >= 0.3 is 0 Å². The molecule has 2 aliphatic rings. The molecule has 2 aliphatic carbocycles. The average molecular weight is 280 g/mol. The van der Waals surface area contributed by atoms with Crippen LogP contribution in [0.5, 0.6) is 0 Å². The third-order valence-electron chi connectivity index (χ3n) is 5.86. The zero-order valence-electron chi connectivity index (χ0n) is 14.0. The molecule has 2 nitrogen and oxygen atoms in total. The molecular weight excluding hydrogens is 244 g/mol. The van der Waals surface area contributed by atoms with Gasteiger partial charge in [-0.15, -0.1) is 0 Å². The molecule has 2 unspecified atom stereocenters. The summed E-state index contributed by atoms with van der Waals surface area (Å²) in [4.78, 5) is 2.80. The van der Waals surface area contributed by atoms with Gasteiger partial charge in [0.2, 0.25) is 0 Å². The van der Waals surface area contributed by atoms with Gasteiger partial charge < -0.3 is 5.73 Å². The second-order valence-corrected chi connectivity index (χ2v) is 7.75. The number of hydrogen-bond acceptors (Lipinski definition) is 2. The van der Waals surface area contributed by atoms with Gasteiger partial charge in [0.15, 0.2) is 0 Å². The fraction of sp³-hybridized carbons (Fsp3) is 1.00. The molecule has 0 heterocycles. The van der Waals surface area contributed by atoms with Crippen molar-refractivity contribution in [3.8, 4) is 0 Å². The number of nitrogens with two attached hydrogens (primary N) is 1. The Morgan fingerprint density at radius 1 is 1.15 bits per heavy atom. The van der Waals surface area contributed by atoms with E-state index in [4.69, 9.17) is 5.73 Å². The predicted molar refractivity (Wildman–Crippen MR) is 87.8 cm³/mol. The van der Waals surface area contributed by atoms with Gasteiger partial charge in [-0.1, -0.05) is 33.6 Å². The Kier molecular flexibility index (Phi) is 5.92. The van der Waals surface area contributed by atoms with Crippen molar-refractivity contribution in [2.24, 2.45) is 23.5 Å². The van der Waals surface area contributed by atoms with Crippen molar-refractivity contribution in [2.75, 3.05) is 19.6 Å². The fourth-order valence-electron chi connectivity index (χ4n) is 4.14. The van der Waals surface area contributed by atoms with Gasteiger partial charge in [0.1, 0.15) is 0 Å². The molecule has 2 saturated carbocycles. The summed E-state index contributed by atoms with van der Waals surface area (Å²) in [6.45, 7) is 10.5. The first-order valence-corrected chi connectivity index (χ1v) is 9.06. The van der Waals surface area contributed by atoms with Crippen molar-refractivity contribution in [3.63, 3.8) is 0 Å². The lowest BCUT2D eigenvalue weighted by atomic mass is 9.85. The summed E-state index contributed by atoms with van der Waals surface area (Å²) in [5, 5.41) is 0. The van der Waals surface area contributed by atoms with Crippen LogP contribution in [0.2, 0.25) is 0 Å². The Labute approximate surface area is 126 Å². The molecule has 2 fully saturated rings. The van der Waals surface area contributed by atoms with E-state index in [9.17, 15) is 0 Å². The molecule has 0 radical (unpaired) electrons. The number of nitrogens with zero attached hydrogens (tertiary/aromatic N) is 1. The highest BCUT2D eigenvalue weighted by atomic mass is 15.2. The monoisotopic (exact) mass is 280 g/mol. The molecule has 2 atom stereocenters. The molecule has 20 heavy (non-hydrogen) atoms. The second-order valence-electron chi connectivity index (χ2n) is 7.75. The first-order valence-electron chi connectivity index (χ1n) is 9.06. The molecule has 0 aromatic rings. The zero-order valence-corrected chi connectivity index (χ0v) is 14.0. The Morgan fingerprint density at radius 2 is 1.90 bits per heavy atom. The minimum Gasteiger partial charge on any atom is -0.329 e.